The number of halogens is 3. The van der Waals surface area contributed by atoms with Crippen LogP contribution < -0.4 is 5.32 Å². The Labute approximate surface area is 164 Å². The lowest BCUT2D eigenvalue weighted by molar-refractivity contribution is 0.0631. The van der Waals surface area contributed by atoms with Gasteiger partial charge in [0.15, 0.2) is 11.5 Å². The predicted octanol–water partition coefficient (Wildman–Crippen LogP) is 5.53. The molecular weight excluding hydrogens is 394 g/mol. The van der Waals surface area contributed by atoms with E-state index in [9.17, 15) is 19.1 Å². The Bertz CT molecular complexity index is 954. The minimum atomic E-state index is -1.63. The van der Waals surface area contributed by atoms with Gasteiger partial charge in [-0.25, -0.2) is 23.4 Å². The molecule has 1 heterocycles. The number of hydrogen-bond donors (Lipinski definition) is 2. The SMILES string of the molecule is C=C(F)c1c(C(=O)O)nc(-c2ccc(Cl)cc2)c(F)c1NC(=O)OC(C)(C)C. The van der Waals surface area contributed by atoms with Gasteiger partial charge in [0, 0.05) is 10.6 Å². The number of ether oxygens (including phenoxy) is 1. The third-order valence-electron chi connectivity index (χ3n) is 3.36. The van der Waals surface area contributed by atoms with Crippen molar-refractivity contribution in [1.82, 2.24) is 4.98 Å². The number of carbonyl (C=O) groups excluding carboxylic acids is 1. The number of carbonyl (C=O) groups is 2. The maximum absolute atomic E-state index is 15.1. The second-order valence-corrected chi connectivity index (χ2v) is 7.15. The van der Waals surface area contributed by atoms with Gasteiger partial charge in [-0.05, 0) is 32.9 Å². The van der Waals surface area contributed by atoms with E-state index in [-0.39, 0.29) is 5.56 Å². The van der Waals surface area contributed by atoms with Crippen LogP contribution >= 0.6 is 11.6 Å². The molecule has 0 fully saturated rings. The summed E-state index contributed by atoms with van der Waals surface area (Å²) in [5.41, 5.74) is -3.50. The Balaban J connectivity index is 2.72. The van der Waals surface area contributed by atoms with Crippen molar-refractivity contribution in [2.75, 3.05) is 5.32 Å². The maximum atomic E-state index is 15.1. The summed E-state index contributed by atoms with van der Waals surface area (Å²) < 4.78 is 34.2. The van der Waals surface area contributed by atoms with Crippen LogP contribution in [-0.4, -0.2) is 27.8 Å². The number of carboxylic acids is 1. The van der Waals surface area contributed by atoms with Crippen molar-refractivity contribution < 1.29 is 28.2 Å². The van der Waals surface area contributed by atoms with Gasteiger partial charge in [-0.2, -0.15) is 0 Å². The van der Waals surface area contributed by atoms with Gasteiger partial charge in [-0.1, -0.05) is 30.3 Å². The van der Waals surface area contributed by atoms with Crippen molar-refractivity contribution in [2.24, 2.45) is 0 Å². The van der Waals surface area contributed by atoms with Crippen LogP contribution in [0.3, 0.4) is 0 Å². The van der Waals surface area contributed by atoms with Crippen LogP contribution in [0.1, 0.15) is 36.8 Å². The van der Waals surface area contributed by atoms with E-state index in [1.54, 1.807) is 20.8 Å². The first-order valence-corrected chi connectivity index (χ1v) is 8.36. The topological polar surface area (TPSA) is 88.5 Å². The van der Waals surface area contributed by atoms with Crippen LogP contribution in [0, 0.1) is 5.82 Å². The molecular formula is C19H17ClF2N2O4. The van der Waals surface area contributed by atoms with Gasteiger partial charge in [0.1, 0.15) is 17.1 Å². The minimum Gasteiger partial charge on any atom is -0.476 e. The zero-order chi connectivity index (χ0) is 21.2. The second-order valence-electron chi connectivity index (χ2n) is 6.72. The molecule has 0 aliphatic heterocycles. The summed E-state index contributed by atoms with van der Waals surface area (Å²) in [4.78, 5) is 27.4. The Morgan fingerprint density at radius 1 is 1.25 bits per heavy atom. The largest absolute Gasteiger partial charge is 0.476 e. The molecule has 0 aliphatic rings. The molecule has 2 N–H and O–H groups in total. The highest BCUT2D eigenvalue weighted by Crippen LogP contribution is 2.35. The molecule has 1 aromatic heterocycles. The van der Waals surface area contributed by atoms with E-state index in [4.69, 9.17) is 16.3 Å². The average Bonchev–Trinajstić information content (AvgIpc) is 2.55. The van der Waals surface area contributed by atoms with E-state index in [1.165, 1.54) is 24.3 Å². The number of aromatic carboxylic acids is 1. The smallest absolute Gasteiger partial charge is 0.412 e. The summed E-state index contributed by atoms with van der Waals surface area (Å²) in [6, 6.07) is 5.70. The molecule has 2 rings (SSSR count). The quantitative estimate of drug-likeness (QED) is 0.692. The van der Waals surface area contributed by atoms with Gasteiger partial charge in [-0.3, -0.25) is 5.32 Å². The van der Waals surface area contributed by atoms with Crippen LogP contribution in [-0.2, 0) is 4.74 Å². The van der Waals surface area contributed by atoms with Crippen LogP contribution in [0.2, 0.25) is 5.02 Å². The standard InChI is InChI=1S/C19H17ClF2N2O4/c1-9(21)12-15(24-18(27)28-19(2,3)4)13(22)14(23-16(12)17(25)26)10-5-7-11(20)8-6-10/h5-8H,1H2,2-4H3,(H,25,26)(H,23,24,27). The van der Waals surface area contributed by atoms with E-state index in [2.05, 4.69) is 16.9 Å². The zero-order valence-electron chi connectivity index (χ0n) is 15.3. The maximum Gasteiger partial charge on any atom is 0.412 e. The predicted molar refractivity (Wildman–Crippen MR) is 102 cm³/mol. The third-order valence-corrected chi connectivity index (χ3v) is 3.61. The number of nitrogens with one attached hydrogen (secondary N) is 1. The molecule has 0 atom stereocenters. The Kier molecular flexibility index (Phi) is 6.04. The summed E-state index contributed by atoms with van der Waals surface area (Å²) >= 11 is 5.81. The minimum absolute atomic E-state index is 0.174. The fourth-order valence-electron chi connectivity index (χ4n) is 2.30. The Hall–Kier alpha value is -3.00. The van der Waals surface area contributed by atoms with Crippen molar-refractivity contribution in [3.63, 3.8) is 0 Å². The molecule has 2 aromatic rings. The summed E-state index contributed by atoms with van der Waals surface area (Å²) in [5, 5.41) is 11.8. The highest BCUT2D eigenvalue weighted by Gasteiger charge is 2.28. The first-order valence-electron chi connectivity index (χ1n) is 7.98. The van der Waals surface area contributed by atoms with Crippen molar-refractivity contribution >= 4 is 35.2 Å². The number of pyridine rings is 1. The first-order chi connectivity index (χ1) is 12.9. The molecule has 6 nitrogen and oxygen atoms in total. The molecule has 9 heteroatoms. The first kappa shape index (κ1) is 21.3. The fourth-order valence-corrected chi connectivity index (χ4v) is 2.43. The molecule has 0 aliphatic carbocycles. The normalized spacial score (nSPS) is 11.1. The number of anilines is 1. The number of aromatic nitrogens is 1. The molecule has 1 amide bonds. The summed E-state index contributed by atoms with van der Waals surface area (Å²) in [6.45, 7) is 7.75. The van der Waals surface area contributed by atoms with Crippen LogP contribution in [0.5, 0.6) is 0 Å². The van der Waals surface area contributed by atoms with E-state index >= 15 is 4.39 Å². The van der Waals surface area contributed by atoms with Crippen molar-refractivity contribution in [1.29, 1.82) is 0 Å². The number of nitrogens with zero attached hydrogens (tertiary/aromatic N) is 1. The Morgan fingerprint density at radius 2 is 1.82 bits per heavy atom. The summed E-state index contributed by atoms with van der Waals surface area (Å²) in [5.74, 6) is -4.05. The zero-order valence-corrected chi connectivity index (χ0v) is 16.0. The van der Waals surface area contributed by atoms with E-state index in [0.29, 0.717) is 5.02 Å². The number of carboxylic acid groups (broad SMARTS) is 1. The van der Waals surface area contributed by atoms with Crippen LogP contribution in [0.25, 0.3) is 17.1 Å². The average molecular weight is 411 g/mol. The van der Waals surface area contributed by atoms with Gasteiger partial charge in [0.05, 0.1) is 11.3 Å². The molecule has 148 valence electrons. The molecule has 28 heavy (non-hydrogen) atoms. The van der Waals surface area contributed by atoms with Gasteiger partial charge >= 0.3 is 12.1 Å². The Morgan fingerprint density at radius 3 is 2.29 bits per heavy atom. The van der Waals surface area contributed by atoms with Gasteiger partial charge in [0.25, 0.3) is 0 Å². The summed E-state index contributed by atoms with van der Waals surface area (Å²) in [6.07, 6.45) is -1.10. The molecule has 0 spiro atoms. The second kappa shape index (κ2) is 7.93. The highest BCUT2D eigenvalue weighted by atomic mass is 35.5. The van der Waals surface area contributed by atoms with Gasteiger partial charge < -0.3 is 9.84 Å². The lowest BCUT2D eigenvalue weighted by atomic mass is 10.0. The van der Waals surface area contributed by atoms with Crippen LogP contribution in [0.4, 0.5) is 19.3 Å². The fraction of sp³-hybridized carbons (Fsp3) is 0.211. The monoisotopic (exact) mass is 410 g/mol. The lowest BCUT2D eigenvalue weighted by Crippen LogP contribution is -2.28. The van der Waals surface area contributed by atoms with E-state index in [1.807, 2.05) is 0 Å². The highest BCUT2D eigenvalue weighted by molar-refractivity contribution is 6.30. The van der Waals surface area contributed by atoms with E-state index < -0.39 is 51.9 Å². The van der Waals surface area contributed by atoms with Crippen LogP contribution in [0.15, 0.2) is 30.8 Å². The van der Waals surface area contributed by atoms with Gasteiger partial charge in [-0.15, -0.1) is 0 Å². The van der Waals surface area contributed by atoms with Gasteiger partial charge in [0.2, 0.25) is 0 Å². The number of benzene rings is 1. The number of amides is 1. The van der Waals surface area contributed by atoms with E-state index in [0.717, 1.165) is 0 Å². The number of rotatable bonds is 4. The third kappa shape index (κ3) is 4.83. The summed E-state index contributed by atoms with van der Waals surface area (Å²) in [7, 11) is 0. The molecule has 0 radical (unpaired) electrons. The molecule has 0 saturated heterocycles. The molecule has 0 unspecified atom stereocenters. The molecule has 0 saturated carbocycles. The lowest BCUT2D eigenvalue weighted by Gasteiger charge is -2.21. The van der Waals surface area contributed by atoms with Crippen molar-refractivity contribution in [2.45, 2.75) is 26.4 Å². The molecule has 0 bridgehead atoms. The van der Waals surface area contributed by atoms with Crippen molar-refractivity contribution in [3.8, 4) is 11.3 Å². The number of hydrogen-bond acceptors (Lipinski definition) is 4. The van der Waals surface area contributed by atoms with Crippen molar-refractivity contribution in [3.05, 3.63) is 52.9 Å². The molecule has 1 aromatic carbocycles.